The van der Waals surface area contributed by atoms with Gasteiger partial charge in [0.2, 0.25) is 0 Å². The summed E-state index contributed by atoms with van der Waals surface area (Å²) in [7, 11) is 0. The van der Waals surface area contributed by atoms with Crippen molar-refractivity contribution in [3.63, 3.8) is 0 Å². The lowest BCUT2D eigenvalue weighted by Gasteiger charge is -2.48. The van der Waals surface area contributed by atoms with Crippen molar-refractivity contribution >= 4 is 21.8 Å². The smallest absolute Gasteiger partial charge is 0.251 e. The first-order valence-corrected chi connectivity index (χ1v) is 7.88. The van der Waals surface area contributed by atoms with Gasteiger partial charge in [-0.15, -0.1) is 0 Å². The third-order valence-electron chi connectivity index (χ3n) is 4.46. The van der Waals surface area contributed by atoms with Gasteiger partial charge in [0.15, 0.2) is 0 Å². The summed E-state index contributed by atoms with van der Waals surface area (Å²) in [6, 6.07) is 4.59. The molecule has 2 N–H and O–H groups in total. The molecule has 1 atom stereocenters. The second-order valence-electron chi connectivity index (χ2n) is 5.85. The quantitative estimate of drug-likeness (QED) is 0.868. The summed E-state index contributed by atoms with van der Waals surface area (Å²) in [6.45, 7) is 0.956. The Morgan fingerprint density at radius 2 is 2.25 bits per heavy atom. The van der Waals surface area contributed by atoms with Gasteiger partial charge in [-0.1, -0.05) is 0 Å². The molecule has 5 heteroatoms. The molecule has 108 valence electrons. The SMILES string of the molecule is O=C(NC1CCNC2(CCC2)C1)c1ccc(F)c(Br)c1. The van der Waals surface area contributed by atoms with Gasteiger partial charge in [-0.25, -0.2) is 4.39 Å². The minimum absolute atomic E-state index is 0.118. The normalized spacial score (nSPS) is 24.2. The molecule has 1 saturated heterocycles. The number of carbonyl (C=O) groups excluding carboxylic acids is 1. The van der Waals surface area contributed by atoms with Crippen molar-refractivity contribution in [1.82, 2.24) is 10.6 Å². The maximum absolute atomic E-state index is 13.2. The van der Waals surface area contributed by atoms with Crippen molar-refractivity contribution in [3.05, 3.63) is 34.1 Å². The molecule has 0 radical (unpaired) electrons. The minimum Gasteiger partial charge on any atom is -0.349 e. The molecule has 3 rings (SSSR count). The molecule has 1 unspecified atom stereocenters. The van der Waals surface area contributed by atoms with E-state index in [1.165, 1.54) is 37.5 Å². The van der Waals surface area contributed by atoms with Crippen molar-refractivity contribution < 1.29 is 9.18 Å². The van der Waals surface area contributed by atoms with Crippen LogP contribution in [0.25, 0.3) is 0 Å². The lowest BCUT2D eigenvalue weighted by Crippen LogP contribution is -2.59. The second kappa shape index (κ2) is 5.45. The molecule has 0 bridgehead atoms. The zero-order valence-corrected chi connectivity index (χ0v) is 12.8. The van der Waals surface area contributed by atoms with Gasteiger partial charge in [-0.3, -0.25) is 4.79 Å². The van der Waals surface area contributed by atoms with Crippen LogP contribution in [0, 0.1) is 5.82 Å². The average molecular weight is 341 g/mol. The predicted octanol–water partition coefficient (Wildman–Crippen LogP) is 2.99. The van der Waals surface area contributed by atoms with Crippen molar-refractivity contribution in [2.75, 3.05) is 6.54 Å². The zero-order chi connectivity index (χ0) is 14.2. The Balaban J connectivity index is 1.64. The van der Waals surface area contributed by atoms with Crippen LogP contribution in [0.1, 0.15) is 42.5 Å². The molecule has 2 aliphatic rings. The van der Waals surface area contributed by atoms with Gasteiger partial charge in [0.25, 0.3) is 5.91 Å². The number of halogens is 2. The maximum atomic E-state index is 13.2. The molecule has 1 amide bonds. The highest BCUT2D eigenvalue weighted by molar-refractivity contribution is 9.10. The summed E-state index contributed by atoms with van der Waals surface area (Å²) < 4.78 is 13.5. The molecule has 2 fully saturated rings. The van der Waals surface area contributed by atoms with E-state index < -0.39 is 0 Å². The fraction of sp³-hybridized carbons (Fsp3) is 0.533. The van der Waals surface area contributed by atoms with Crippen LogP contribution >= 0.6 is 15.9 Å². The van der Waals surface area contributed by atoms with Gasteiger partial charge in [0, 0.05) is 17.1 Å². The molecule has 1 aromatic rings. The number of hydrogen-bond donors (Lipinski definition) is 2. The highest BCUT2D eigenvalue weighted by Gasteiger charge is 2.41. The average Bonchev–Trinajstić information content (AvgIpc) is 2.40. The Kier molecular flexibility index (Phi) is 3.82. The fourth-order valence-electron chi connectivity index (χ4n) is 3.17. The zero-order valence-electron chi connectivity index (χ0n) is 11.2. The lowest BCUT2D eigenvalue weighted by molar-refractivity contribution is 0.0853. The standard InChI is InChI=1S/C15H18BrFN2O/c16-12-8-10(2-3-13(12)17)14(20)19-11-4-7-18-15(9-11)5-1-6-15/h2-3,8,11,18H,1,4-7,9H2,(H,19,20). The van der Waals surface area contributed by atoms with Gasteiger partial charge < -0.3 is 10.6 Å². The largest absolute Gasteiger partial charge is 0.349 e. The van der Waals surface area contributed by atoms with Crippen molar-refractivity contribution in [2.45, 2.75) is 43.7 Å². The minimum atomic E-state index is -0.350. The first kappa shape index (κ1) is 14.0. The third kappa shape index (κ3) is 2.74. The van der Waals surface area contributed by atoms with Gasteiger partial charge in [-0.2, -0.15) is 0 Å². The van der Waals surface area contributed by atoms with E-state index in [1.807, 2.05) is 0 Å². The number of benzene rings is 1. The Morgan fingerprint density at radius 3 is 2.90 bits per heavy atom. The predicted molar refractivity (Wildman–Crippen MR) is 79.2 cm³/mol. The molecule has 3 nitrogen and oxygen atoms in total. The van der Waals surface area contributed by atoms with Crippen LogP contribution in [0.4, 0.5) is 4.39 Å². The Hall–Kier alpha value is -0.940. The third-order valence-corrected chi connectivity index (χ3v) is 5.07. The van der Waals surface area contributed by atoms with E-state index >= 15 is 0 Å². The molecule has 20 heavy (non-hydrogen) atoms. The maximum Gasteiger partial charge on any atom is 0.251 e. The molecule has 1 aromatic carbocycles. The van der Waals surface area contributed by atoms with Crippen LogP contribution in [0.15, 0.2) is 22.7 Å². The molecule has 1 aliphatic carbocycles. The van der Waals surface area contributed by atoms with E-state index in [2.05, 4.69) is 26.6 Å². The van der Waals surface area contributed by atoms with Crippen molar-refractivity contribution in [2.24, 2.45) is 0 Å². The lowest BCUT2D eigenvalue weighted by atomic mass is 9.70. The van der Waals surface area contributed by atoms with E-state index in [0.717, 1.165) is 19.4 Å². The molecule has 1 heterocycles. The molecule has 1 aliphatic heterocycles. The number of hydrogen-bond acceptors (Lipinski definition) is 2. The van der Waals surface area contributed by atoms with Gasteiger partial charge >= 0.3 is 0 Å². The Bertz CT molecular complexity index is 531. The Labute approximate surface area is 126 Å². The van der Waals surface area contributed by atoms with Crippen LogP contribution < -0.4 is 10.6 Å². The highest BCUT2D eigenvalue weighted by atomic mass is 79.9. The number of amides is 1. The summed E-state index contributed by atoms with van der Waals surface area (Å²) >= 11 is 3.11. The van der Waals surface area contributed by atoms with E-state index in [0.29, 0.717) is 10.0 Å². The van der Waals surface area contributed by atoms with E-state index in [-0.39, 0.29) is 23.3 Å². The molecule has 1 saturated carbocycles. The first-order chi connectivity index (χ1) is 9.58. The molecule has 0 aromatic heterocycles. The summed E-state index contributed by atoms with van der Waals surface area (Å²) in [4.78, 5) is 12.2. The second-order valence-corrected chi connectivity index (χ2v) is 6.71. The van der Waals surface area contributed by atoms with Crippen LogP contribution in [0.5, 0.6) is 0 Å². The topological polar surface area (TPSA) is 41.1 Å². The van der Waals surface area contributed by atoms with E-state index in [1.54, 1.807) is 0 Å². The van der Waals surface area contributed by atoms with Crippen LogP contribution in [0.2, 0.25) is 0 Å². The van der Waals surface area contributed by atoms with Gasteiger partial charge in [0.05, 0.1) is 4.47 Å². The van der Waals surface area contributed by atoms with E-state index in [4.69, 9.17) is 0 Å². The van der Waals surface area contributed by atoms with Gasteiger partial charge in [-0.05, 0) is 72.8 Å². The molecular weight excluding hydrogens is 323 g/mol. The highest BCUT2D eigenvalue weighted by Crippen LogP contribution is 2.38. The van der Waals surface area contributed by atoms with Crippen molar-refractivity contribution in [1.29, 1.82) is 0 Å². The molecule has 1 spiro atoms. The Morgan fingerprint density at radius 1 is 1.45 bits per heavy atom. The van der Waals surface area contributed by atoms with Gasteiger partial charge in [0.1, 0.15) is 5.82 Å². The summed E-state index contributed by atoms with van der Waals surface area (Å²) in [5.41, 5.74) is 0.763. The first-order valence-electron chi connectivity index (χ1n) is 7.09. The van der Waals surface area contributed by atoms with Crippen LogP contribution in [-0.2, 0) is 0 Å². The number of carbonyl (C=O) groups is 1. The number of rotatable bonds is 2. The summed E-state index contributed by atoms with van der Waals surface area (Å²) in [5, 5.41) is 6.67. The number of nitrogens with one attached hydrogen (secondary N) is 2. The van der Waals surface area contributed by atoms with Crippen LogP contribution in [-0.4, -0.2) is 24.0 Å². The van der Waals surface area contributed by atoms with Crippen LogP contribution in [0.3, 0.4) is 0 Å². The summed E-state index contributed by atoms with van der Waals surface area (Å²) in [5.74, 6) is -0.469. The fourth-order valence-corrected chi connectivity index (χ4v) is 3.55. The van der Waals surface area contributed by atoms with Crippen molar-refractivity contribution in [3.8, 4) is 0 Å². The number of piperidine rings is 1. The van der Waals surface area contributed by atoms with E-state index in [9.17, 15) is 9.18 Å². The molecular formula is C15H18BrFN2O. The monoisotopic (exact) mass is 340 g/mol. The summed E-state index contributed by atoms with van der Waals surface area (Å²) in [6.07, 6.45) is 5.65.